The summed E-state index contributed by atoms with van der Waals surface area (Å²) in [6.07, 6.45) is 7.26. The molecule has 1 N–H and O–H groups in total. The van der Waals surface area contributed by atoms with Crippen LogP contribution in [-0.4, -0.2) is 25.7 Å². The van der Waals surface area contributed by atoms with E-state index >= 15 is 0 Å². The summed E-state index contributed by atoms with van der Waals surface area (Å²) in [7, 11) is 0. The molecule has 1 atom stereocenters. The molecule has 0 radical (unpaired) electrons. The zero-order valence-electron chi connectivity index (χ0n) is 13.6. The van der Waals surface area contributed by atoms with Crippen LogP contribution >= 0.6 is 0 Å². The summed E-state index contributed by atoms with van der Waals surface area (Å²) in [5.74, 6) is -0.127. The number of nitrogens with zero attached hydrogens (tertiary/aromatic N) is 4. The lowest BCUT2D eigenvalue weighted by atomic mass is 10.1. The Morgan fingerprint density at radius 2 is 2.00 bits per heavy atom. The highest BCUT2D eigenvalue weighted by Gasteiger charge is 2.18. The van der Waals surface area contributed by atoms with Crippen molar-refractivity contribution in [1.29, 1.82) is 0 Å². The Balaban J connectivity index is 2.09. The van der Waals surface area contributed by atoms with Crippen molar-refractivity contribution in [2.24, 2.45) is 0 Å². The smallest absolute Gasteiger partial charge is 0.255 e. The van der Waals surface area contributed by atoms with E-state index in [-0.39, 0.29) is 11.9 Å². The van der Waals surface area contributed by atoms with Gasteiger partial charge in [0.1, 0.15) is 0 Å². The second-order valence-corrected chi connectivity index (χ2v) is 5.47. The Bertz CT molecular complexity index is 650. The van der Waals surface area contributed by atoms with E-state index in [1.807, 2.05) is 31.6 Å². The van der Waals surface area contributed by atoms with Crippen LogP contribution in [0.4, 0.5) is 0 Å². The molecule has 0 unspecified atom stereocenters. The lowest BCUT2D eigenvalue weighted by Gasteiger charge is -2.14. The van der Waals surface area contributed by atoms with E-state index in [4.69, 9.17) is 0 Å². The molecule has 6 heteroatoms. The number of unbranched alkanes of at least 4 members (excludes halogenated alkanes) is 1. The van der Waals surface area contributed by atoms with Gasteiger partial charge in [-0.15, -0.1) is 0 Å². The molecule has 0 aliphatic heterocycles. The van der Waals surface area contributed by atoms with Gasteiger partial charge in [0.25, 0.3) is 5.91 Å². The van der Waals surface area contributed by atoms with Gasteiger partial charge < -0.3 is 5.32 Å². The molecule has 0 aliphatic carbocycles. The highest BCUT2D eigenvalue weighted by atomic mass is 16.1. The van der Waals surface area contributed by atoms with Crippen LogP contribution in [0.25, 0.3) is 0 Å². The van der Waals surface area contributed by atoms with Crippen molar-refractivity contribution in [3.8, 4) is 0 Å². The van der Waals surface area contributed by atoms with Crippen LogP contribution in [0.5, 0.6) is 0 Å². The number of nitrogens with one attached hydrogen (secondary N) is 1. The summed E-state index contributed by atoms with van der Waals surface area (Å²) in [5.41, 5.74) is 2.97. The van der Waals surface area contributed by atoms with Crippen molar-refractivity contribution in [3.05, 3.63) is 41.2 Å². The molecule has 1 amide bonds. The fourth-order valence-electron chi connectivity index (χ4n) is 2.36. The predicted octanol–water partition coefficient (Wildman–Crippen LogP) is 2.58. The molecule has 0 fully saturated rings. The van der Waals surface area contributed by atoms with Gasteiger partial charge in [-0.1, -0.05) is 13.3 Å². The molecule has 6 nitrogen and oxygen atoms in total. The van der Waals surface area contributed by atoms with Crippen LogP contribution in [0.2, 0.25) is 0 Å². The zero-order valence-corrected chi connectivity index (χ0v) is 13.6. The number of aromatic nitrogens is 4. The van der Waals surface area contributed by atoms with Gasteiger partial charge in [-0.3, -0.25) is 19.4 Å². The number of carbonyl (C=O) groups excluding carboxylic acids is 1. The van der Waals surface area contributed by atoms with E-state index in [1.54, 1.807) is 12.4 Å². The molecule has 0 aliphatic rings. The standard InChI is InChI=1S/C16H23N5O/c1-5-6-9-21-10-14(11(2)20-21)16(22)19-13(4)15-12(3)17-7-8-18-15/h7-8,10,13H,5-6,9H2,1-4H3,(H,19,22)/t13-/m1/s1. The van der Waals surface area contributed by atoms with E-state index in [2.05, 4.69) is 27.3 Å². The van der Waals surface area contributed by atoms with E-state index in [0.29, 0.717) is 5.56 Å². The molecule has 2 heterocycles. The van der Waals surface area contributed by atoms with Gasteiger partial charge >= 0.3 is 0 Å². The maximum atomic E-state index is 12.4. The Labute approximate surface area is 131 Å². The van der Waals surface area contributed by atoms with Crippen LogP contribution < -0.4 is 5.32 Å². The first kappa shape index (κ1) is 16.1. The summed E-state index contributed by atoms with van der Waals surface area (Å²) in [5, 5.41) is 7.36. The maximum Gasteiger partial charge on any atom is 0.255 e. The SMILES string of the molecule is CCCCn1cc(C(=O)N[C@H](C)c2nccnc2C)c(C)n1. The summed E-state index contributed by atoms with van der Waals surface area (Å²) < 4.78 is 1.84. The minimum atomic E-state index is -0.195. The highest BCUT2D eigenvalue weighted by molar-refractivity contribution is 5.95. The molecular formula is C16H23N5O. The largest absolute Gasteiger partial charge is 0.344 e. The Morgan fingerprint density at radius 3 is 2.68 bits per heavy atom. The van der Waals surface area contributed by atoms with Crippen LogP contribution in [0, 0.1) is 13.8 Å². The summed E-state index contributed by atoms with van der Waals surface area (Å²) >= 11 is 0. The van der Waals surface area contributed by atoms with Crippen LogP contribution in [-0.2, 0) is 6.54 Å². The molecule has 2 aromatic heterocycles. The van der Waals surface area contributed by atoms with Gasteiger partial charge in [0.05, 0.1) is 28.7 Å². The second-order valence-electron chi connectivity index (χ2n) is 5.47. The minimum absolute atomic E-state index is 0.127. The van der Waals surface area contributed by atoms with Crippen molar-refractivity contribution in [2.75, 3.05) is 0 Å². The molecular weight excluding hydrogens is 278 g/mol. The Morgan fingerprint density at radius 1 is 1.27 bits per heavy atom. The Kier molecular flexibility index (Phi) is 5.25. The average molecular weight is 301 g/mol. The molecule has 22 heavy (non-hydrogen) atoms. The summed E-state index contributed by atoms with van der Waals surface area (Å²) in [6, 6.07) is -0.195. The summed E-state index contributed by atoms with van der Waals surface area (Å²) in [6.45, 7) is 8.62. The van der Waals surface area contributed by atoms with Gasteiger partial charge in [0.2, 0.25) is 0 Å². The maximum absolute atomic E-state index is 12.4. The van der Waals surface area contributed by atoms with E-state index in [0.717, 1.165) is 36.5 Å². The average Bonchev–Trinajstić information content (AvgIpc) is 2.86. The number of amides is 1. The first-order valence-corrected chi connectivity index (χ1v) is 7.65. The van der Waals surface area contributed by atoms with Gasteiger partial charge in [-0.25, -0.2) is 0 Å². The first-order chi connectivity index (χ1) is 10.5. The van der Waals surface area contributed by atoms with Gasteiger partial charge in [0, 0.05) is 25.1 Å². The quantitative estimate of drug-likeness (QED) is 0.890. The fourth-order valence-corrected chi connectivity index (χ4v) is 2.36. The molecule has 0 aromatic carbocycles. The van der Waals surface area contributed by atoms with Crippen molar-refractivity contribution in [3.63, 3.8) is 0 Å². The lowest BCUT2D eigenvalue weighted by molar-refractivity contribution is 0.0938. The molecule has 2 rings (SSSR count). The fraction of sp³-hybridized carbons (Fsp3) is 0.500. The number of hydrogen-bond donors (Lipinski definition) is 1. The third kappa shape index (κ3) is 3.69. The second kappa shape index (κ2) is 7.15. The van der Waals surface area contributed by atoms with E-state index in [1.165, 1.54) is 0 Å². The first-order valence-electron chi connectivity index (χ1n) is 7.65. The zero-order chi connectivity index (χ0) is 16.1. The van der Waals surface area contributed by atoms with E-state index in [9.17, 15) is 4.79 Å². The number of rotatable bonds is 6. The van der Waals surface area contributed by atoms with Crippen LogP contribution in [0.3, 0.4) is 0 Å². The molecule has 2 aromatic rings. The van der Waals surface area contributed by atoms with Gasteiger partial charge in [-0.2, -0.15) is 5.10 Å². The number of carbonyl (C=O) groups is 1. The molecule has 118 valence electrons. The normalized spacial score (nSPS) is 12.2. The minimum Gasteiger partial charge on any atom is -0.344 e. The topological polar surface area (TPSA) is 72.7 Å². The molecule has 0 saturated carbocycles. The molecule has 0 bridgehead atoms. The molecule has 0 spiro atoms. The summed E-state index contributed by atoms with van der Waals surface area (Å²) in [4.78, 5) is 20.9. The lowest BCUT2D eigenvalue weighted by Crippen LogP contribution is -2.28. The van der Waals surface area contributed by atoms with Gasteiger partial charge in [-0.05, 0) is 27.2 Å². The van der Waals surface area contributed by atoms with Gasteiger partial charge in [0.15, 0.2) is 0 Å². The Hall–Kier alpha value is -2.24. The van der Waals surface area contributed by atoms with Crippen molar-refractivity contribution in [1.82, 2.24) is 25.1 Å². The van der Waals surface area contributed by atoms with Crippen LogP contribution in [0.15, 0.2) is 18.6 Å². The van der Waals surface area contributed by atoms with Crippen molar-refractivity contribution >= 4 is 5.91 Å². The predicted molar refractivity (Wildman–Crippen MR) is 84.5 cm³/mol. The number of hydrogen-bond acceptors (Lipinski definition) is 4. The van der Waals surface area contributed by atoms with Crippen molar-refractivity contribution in [2.45, 2.75) is 53.1 Å². The van der Waals surface area contributed by atoms with Crippen molar-refractivity contribution < 1.29 is 4.79 Å². The monoisotopic (exact) mass is 301 g/mol. The highest BCUT2D eigenvalue weighted by Crippen LogP contribution is 2.14. The van der Waals surface area contributed by atoms with Crippen LogP contribution in [0.1, 0.15) is 60.2 Å². The third-order valence-corrected chi connectivity index (χ3v) is 3.61. The third-order valence-electron chi connectivity index (χ3n) is 3.61. The number of aryl methyl sites for hydroxylation is 3. The van der Waals surface area contributed by atoms with E-state index < -0.39 is 0 Å². The molecule has 0 saturated heterocycles.